The van der Waals surface area contributed by atoms with Crippen LogP contribution in [0.1, 0.15) is 23.2 Å². The number of anilines is 1. The van der Waals surface area contributed by atoms with Crippen LogP contribution >= 0.6 is 22.9 Å². The Hall–Kier alpha value is -2.90. The van der Waals surface area contributed by atoms with Crippen LogP contribution in [-0.4, -0.2) is 30.9 Å². The Balaban J connectivity index is 1.62. The zero-order valence-electron chi connectivity index (χ0n) is 15.9. The molecule has 0 bridgehead atoms. The number of hydrogen-bond donors (Lipinski definition) is 1. The van der Waals surface area contributed by atoms with Gasteiger partial charge in [-0.2, -0.15) is 0 Å². The first kappa shape index (κ1) is 20.8. The summed E-state index contributed by atoms with van der Waals surface area (Å²) in [5, 5.41) is 5.58. The maximum Gasteiger partial charge on any atom is 0.226 e. The molecule has 0 spiro atoms. The van der Waals surface area contributed by atoms with E-state index in [1.165, 1.54) is 11.3 Å². The Labute approximate surface area is 177 Å². The lowest BCUT2D eigenvalue weighted by Gasteiger charge is -2.08. The van der Waals surface area contributed by atoms with Crippen molar-refractivity contribution in [3.63, 3.8) is 0 Å². The summed E-state index contributed by atoms with van der Waals surface area (Å²) in [5.41, 5.74) is 1.96. The SMILES string of the molecule is COc1ccc(OC)c(-c2csc(NC(=O)CCC(=O)c3ccc(Cl)cc3)n2)c1. The van der Waals surface area contributed by atoms with Crippen LogP contribution < -0.4 is 14.8 Å². The molecule has 0 saturated carbocycles. The zero-order chi connectivity index (χ0) is 20.8. The Bertz CT molecular complexity index is 1020. The van der Waals surface area contributed by atoms with Crippen molar-refractivity contribution in [2.24, 2.45) is 0 Å². The molecule has 0 aliphatic carbocycles. The molecule has 1 aromatic heterocycles. The fourth-order valence-corrected chi connectivity index (χ4v) is 3.51. The summed E-state index contributed by atoms with van der Waals surface area (Å²) in [4.78, 5) is 28.8. The molecule has 3 aromatic rings. The number of hydrogen-bond acceptors (Lipinski definition) is 6. The van der Waals surface area contributed by atoms with Gasteiger partial charge in [0.1, 0.15) is 11.5 Å². The summed E-state index contributed by atoms with van der Waals surface area (Å²) in [7, 11) is 3.17. The van der Waals surface area contributed by atoms with E-state index in [1.807, 2.05) is 11.4 Å². The molecular weight excluding hydrogens is 412 g/mol. The third kappa shape index (κ3) is 5.34. The molecular formula is C21H19ClN2O4S. The van der Waals surface area contributed by atoms with Crippen molar-refractivity contribution in [1.29, 1.82) is 0 Å². The number of nitrogens with one attached hydrogen (secondary N) is 1. The second-order valence-electron chi connectivity index (χ2n) is 6.08. The molecule has 0 unspecified atom stereocenters. The van der Waals surface area contributed by atoms with Crippen molar-refractivity contribution in [3.8, 4) is 22.8 Å². The summed E-state index contributed by atoms with van der Waals surface area (Å²) >= 11 is 7.12. The molecule has 3 rings (SSSR count). The molecule has 0 aliphatic rings. The van der Waals surface area contributed by atoms with E-state index in [0.717, 1.165) is 5.56 Å². The van der Waals surface area contributed by atoms with E-state index in [9.17, 15) is 9.59 Å². The van der Waals surface area contributed by atoms with Gasteiger partial charge in [0, 0.05) is 34.4 Å². The summed E-state index contributed by atoms with van der Waals surface area (Å²) in [6.45, 7) is 0. The van der Waals surface area contributed by atoms with Crippen LogP contribution in [0.3, 0.4) is 0 Å². The molecule has 2 aromatic carbocycles. The minimum Gasteiger partial charge on any atom is -0.497 e. The van der Waals surface area contributed by atoms with E-state index < -0.39 is 0 Å². The normalized spacial score (nSPS) is 10.4. The Morgan fingerprint density at radius 1 is 1.07 bits per heavy atom. The van der Waals surface area contributed by atoms with Crippen molar-refractivity contribution in [3.05, 3.63) is 58.4 Å². The molecule has 0 atom stereocenters. The van der Waals surface area contributed by atoms with Crippen LogP contribution in [0.5, 0.6) is 11.5 Å². The molecule has 150 valence electrons. The third-order valence-electron chi connectivity index (χ3n) is 4.18. The van der Waals surface area contributed by atoms with Crippen LogP contribution in [0.2, 0.25) is 5.02 Å². The summed E-state index contributed by atoms with van der Waals surface area (Å²) < 4.78 is 10.6. The van der Waals surface area contributed by atoms with Gasteiger partial charge in [-0.25, -0.2) is 4.98 Å². The summed E-state index contributed by atoms with van der Waals surface area (Å²) in [6, 6.07) is 12.0. The van der Waals surface area contributed by atoms with Crippen LogP contribution in [0.15, 0.2) is 47.8 Å². The predicted octanol–water partition coefficient (Wildman–Crippen LogP) is 5.08. The Morgan fingerprint density at radius 2 is 1.83 bits per heavy atom. The Morgan fingerprint density at radius 3 is 2.52 bits per heavy atom. The van der Waals surface area contributed by atoms with Gasteiger partial charge in [0.05, 0.1) is 19.9 Å². The van der Waals surface area contributed by atoms with E-state index >= 15 is 0 Å². The lowest BCUT2D eigenvalue weighted by Crippen LogP contribution is -2.13. The molecule has 1 amide bonds. The van der Waals surface area contributed by atoms with E-state index in [1.54, 1.807) is 50.6 Å². The van der Waals surface area contributed by atoms with E-state index in [0.29, 0.717) is 32.9 Å². The van der Waals surface area contributed by atoms with Gasteiger partial charge in [-0.1, -0.05) is 11.6 Å². The first-order chi connectivity index (χ1) is 14.0. The second-order valence-corrected chi connectivity index (χ2v) is 7.38. The molecule has 0 saturated heterocycles. The quantitative estimate of drug-likeness (QED) is 0.504. The highest BCUT2D eigenvalue weighted by Crippen LogP contribution is 2.35. The number of Topliss-reactive ketones (excluding diaryl/α,β-unsaturated/α-hetero) is 1. The molecule has 1 N–H and O–H groups in total. The number of amides is 1. The third-order valence-corrected chi connectivity index (χ3v) is 5.19. The molecule has 1 heterocycles. The topological polar surface area (TPSA) is 77.5 Å². The molecule has 0 fully saturated rings. The number of nitrogens with zero attached hydrogens (tertiary/aromatic N) is 1. The van der Waals surface area contributed by atoms with Crippen LogP contribution in [0.4, 0.5) is 5.13 Å². The maximum absolute atomic E-state index is 12.2. The maximum atomic E-state index is 12.2. The number of ketones is 1. The van der Waals surface area contributed by atoms with Crippen LogP contribution in [0.25, 0.3) is 11.3 Å². The molecule has 0 radical (unpaired) electrons. The highest BCUT2D eigenvalue weighted by atomic mass is 35.5. The first-order valence-electron chi connectivity index (χ1n) is 8.76. The zero-order valence-corrected chi connectivity index (χ0v) is 17.5. The lowest BCUT2D eigenvalue weighted by atomic mass is 10.1. The number of thiazole rings is 1. The molecule has 8 heteroatoms. The number of methoxy groups -OCH3 is 2. The number of carbonyl (C=O) groups excluding carboxylic acids is 2. The van der Waals surface area contributed by atoms with E-state index in [-0.39, 0.29) is 24.5 Å². The van der Waals surface area contributed by atoms with E-state index in [2.05, 4.69) is 10.3 Å². The molecule has 29 heavy (non-hydrogen) atoms. The molecule has 0 aliphatic heterocycles. The van der Waals surface area contributed by atoms with Crippen molar-refractivity contribution in [1.82, 2.24) is 4.98 Å². The van der Waals surface area contributed by atoms with Crippen molar-refractivity contribution in [2.45, 2.75) is 12.8 Å². The van der Waals surface area contributed by atoms with Gasteiger partial charge in [-0.3, -0.25) is 9.59 Å². The summed E-state index contributed by atoms with van der Waals surface area (Å²) in [5.74, 6) is 0.950. The standard InChI is InChI=1S/C21H19ClN2O4S/c1-27-15-7-9-19(28-2)16(11-15)17-12-29-21(23-17)24-20(26)10-8-18(25)13-3-5-14(22)6-4-13/h3-7,9,11-12H,8,10H2,1-2H3,(H,23,24,26). The number of halogens is 1. The smallest absolute Gasteiger partial charge is 0.226 e. The monoisotopic (exact) mass is 430 g/mol. The average Bonchev–Trinajstić information content (AvgIpc) is 3.20. The second kappa shape index (κ2) is 9.54. The number of carbonyl (C=O) groups is 2. The van der Waals surface area contributed by atoms with Gasteiger partial charge < -0.3 is 14.8 Å². The van der Waals surface area contributed by atoms with Crippen molar-refractivity contribution >= 4 is 39.8 Å². The predicted molar refractivity (Wildman–Crippen MR) is 114 cm³/mol. The number of aromatic nitrogens is 1. The van der Waals surface area contributed by atoms with Crippen LogP contribution in [0, 0.1) is 0 Å². The van der Waals surface area contributed by atoms with Gasteiger partial charge in [-0.05, 0) is 42.5 Å². The number of ether oxygens (including phenoxy) is 2. The van der Waals surface area contributed by atoms with Gasteiger partial charge in [0.2, 0.25) is 5.91 Å². The fraction of sp³-hybridized carbons (Fsp3) is 0.190. The summed E-state index contributed by atoms with van der Waals surface area (Å²) in [6.07, 6.45) is 0.175. The Kier molecular flexibility index (Phi) is 6.85. The number of rotatable bonds is 8. The van der Waals surface area contributed by atoms with Gasteiger partial charge in [-0.15, -0.1) is 11.3 Å². The van der Waals surface area contributed by atoms with Crippen molar-refractivity contribution < 1.29 is 19.1 Å². The average molecular weight is 431 g/mol. The van der Waals surface area contributed by atoms with Gasteiger partial charge in [0.25, 0.3) is 0 Å². The van der Waals surface area contributed by atoms with Gasteiger partial charge >= 0.3 is 0 Å². The minimum atomic E-state index is -0.272. The molecule has 6 nitrogen and oxygen atoms in total. The fourth-order valence-electron chi connectivity index (χ4n) is 2.66. The highest BCUT2D eigenvalue weighted by Gasteiger charge is 2.14. The number of benzene rings is 2. The van der Waals surface area contributed by atoms with Gasteiger partial charge in [0.15, 0.2) is 10.9 Å². The minimum absolute atomic E-state index is 0.0683. The van der Waals surface area contributed by atoms with Crippen molar-refractivity contribution in [2.75, 3.05) is 19.5 Å². The largest absolute Gasteiger partial charge is 0.497 e. The lowest BCUT2D eigenvalue weighted by molar-refractivity contribution is -0.116. The highest BCUT2D eigenvalue weighted by molar-refractivity contribution is 7.14. The first-order valence-corrected chi connectivity index (χ1v) is 10.0. The van der Waals surface area contributed by atoms with E-state index in [4.69, 9.17) is 21.1 Å². The van der Waals surface area contributed by atoms with Crippen LogP contribution in [-0.2, 0) is 4.79 Å².